The molecule has 2 rings (SSSR count). The van der Waals surface area contributed by atoms with E-state index in [9.17, 15) is 4.79 Å². The minimum Gasteiger partial charge on any atom is -0.329 e. The lowest BCUT2D eigenvalue weighted by Gasteiger charge is -2.38. The quantitative estimate of drug-likeness (QED) is 0.714. The number of aromatic nitrogens is 1. The van der Waals surface area contributed by atoms with Crippen LogP contribution in [0.4, 0.5) is 0 Å². The lowest BCUT2D eigenvalue weighted by molar-refractivity contribution is 0.253. The second kappa shape index (κ2) is 3.52. The first kappa shape index (κ1) is 10.3. The summed E-state index contributed by atoms with van der Waals surface area (Å²) < 4.78 is 0. The summed E-state index contributed by atoms with van der Waals surface area (Å²) in [6.45, 7) is 0. The lowest BCUT2D eigenvalue weighted by Crippen LogP contribution is -2.43. The Balaban J connectivity index is 0.000000845. The number of H-pyrrole nitrogens is 1. The van der Waals surface area contributed by atoms with E-state index in [1.807, 2.05) is 6.07 Å². The standard InChI is InChI=1S/C9H12N2O.ClH/c10-9(4-1-5-9)7-2-3-8(12)11-6-7;/h2-3,6H,1,4-5,10H2,(H,11,12);1H. The third-order valence-electron chi connectivity index (χ3n) is 2.60. The fourth-order valence-corrected chi connectivity index (χ4v) is 1.57. The maximum absolute atomic E-state index is 10.8. The highest BCUT2D eigenvalue weighted by atomic mass is 35.5. The number of rotatable bonds is 1. The summed E-state index contributed by atoms with van der Waals surface area (Å²) in [5.74, 6) is 0. The van der Waals surface area contributed by atoms with Gasteiger partial charge in [-0.1, -0.05) is 6.07 Å². The number of hydrogen-bond acceptors (Lipinski definition) is 2. The Morgan fingerprint density at radius 1 is 1.38 bits per heavy atom. The number of aromatic amines is 1. The molecule has 4 heteroatoms. The molecule has 0 saturated heterocycles. The average Bonchev–Trinajstić information content (AvgIpc) is 2.02. The molecule has 1 aromatic rings. The second-order valence-corrected chi connectivity index (χ2v) is 3.45. The Bertz CT molecular complexity index is 323. The molecular formula is C9H13ClN2O. The molecule has 13 heavy (non-hydrogen) atoms. The minimum absolute atomic E-state index is 0. The van der Waals surface area contributed by atoms with E-state index in [0.29, 0.717) is 0 Å². The van der Waals surface area contributed by atoms with Crippen LogP contribution in [0.25, 0.3) is 0 Å². The predicted octanol–water partition coefficient (Wildman–Crippen LogP) is 1.13. The van der Waals surface area contributed by atoms with Gasteiger partial charge in [0.25, 0.3) is 0 Å². The number of hydrogen-bond donors (Lipinski definition) is 2. The van der Waals surface area contributed by atoms with Crippen LogP contribution < -0.4 is 11.3 Å². The number of nitrogens with two attached hydrogens (primary N) is 1. The molecule has 0 unspecified atom stereocenters. The summed E-state index contributed by atoms with van der Waals surface area (Å²) in [4.78, 5) is 13.4. The first-order valence-corrected chi connectivity index (χ1v) is 4.19. The summed E-state index contributed by atoms with van der Waals surface area (Å²) in [6, 6.07) is 3.35. The predicted molar refractivity (Wildman–Crippen MR) is 54.0 cm³/mol. The van der Waals surface area contributed by atoms with E-state index in [2.05, 4.69) is 4.98 Å². The van der Waals surface area contributed by atoms with Crippen LogP contribution in [0.5, 0.6) is 0 Å². The van der Waals surface area contributed by atoms with E-state index in [-0.39, 0.29) is 23.5 Å². The molecule has 3 nitrogen and oxygen atoms in total. The van der Waals surface area contributed by atoms with Crippen molar-refractivity contribution in [2.24, 2.45) is 5.73 Å². The van der Waals surface area contributed by atoms with Crippen LogP contribution in [0, 0.1) is 0 Å². The molecule has 1 aromatic heterocycles. The smallest absolute Gasteiger partial charge is 0.247 e. The largest absolute Gasteiger partial charge is 0.329 e. The van der Waals surface area contributed by atoms with E-state index in [0.717, 1.165) is 18.4 Å². The zero-order valence-electron chi connectivity index (χ0n) is 7.25. The van der Waals surface area contributed by atoms with Gasteiger partial charge in [-0.25, -0.2) is 0 Å². The van der Waals surface area contributed by atoms with Gasteiger partial charge in [0.2, 0.25) is 5.56 Å². The van der Waals surface area contributed by atoms with Crippen molar-refractivity contribution < 1.29 is 0 Å². The van der Waals surface area contributed by atoms with E-state index in [1.54, 1.807) is 6.20 Å². The third kappa shape index (κ3) is 1.76. The fraction of sp³-hybridized carbons (Fsp3) is 0.444. The van der Waals surface area contributed by atoms with Gasteiger partial charge in [0.1, 0.15) is 0 Å². The molecule has 1 heterocycles. The maximum atomic E-state index is 10.8. The number of nitrogens with one attached hydrogen (secondary N) is 1. The molecule has 3 N–H and O–H groups in total. The normalized spacial score (nSPS) is 18.5. The Morgan fingerprint density at radius 3 is 2.46 bits per heavy atom. The van der Waals surface area contributed by atoms with Crippen molar-refractivity contribution >= 4 is 12.4 Å². The minimum atomic E-state index is -0.162. The molecule has 1 aliphatic carbocycles. The highest BCUT2D eigenvalue weighted by molar-refractivity contribution is 5.85. The Morgan fingerprint density at radius 2 is 2.08 bits per heavy atom. The molecule has 0 atom stereocenters. The lowest BCUT2D eigenvalue weighted by atomic mass is 9.73. The van der Waals surface area contributed by atoms with Crippen molar-refractivity contribution in [2.45, 2.75) is 24.8 Å². The average molecular weight is 201 g/mol. The molecule has 1 aliphatic rings. The van der Waals surface area contributed by atoms with E-state index < -0.39 is 0 Å². The van der Waals surface area contributed by atoms with Crippen LogP contribution in [0.1, 0.15) is 24.8 Å². The molecule has 1 fully saturated rings. The first-order chi connectivity index (χ1) is 5.71. The first-order valence-electron chi connectivity index (χ1n) is 4.19. The van der Waals surface area contributed by atoms with Gasteiger partial charge in [-0.15, -0.1) is 12.4 Å². The Kier molecular flexibility index (Phi) is 2.78. The Labute approximate surface area is 82.8 Å². The molecule has 0 bridgehead atoms. The molecule has 0 aliphatic heterocycles. The van der Waals surface area contributed by atoms with Gasteiger partial charge in [-0.3, -0.25) is 4.79 Å². The van der Waals surface area contributed by atoms with Gasteiger partial charge in [0.15, 0.2) is 0 Å². The highest BCUT2D eigenvalue weighted by Crippen LogP contribution is 2.37. The van der Waals surface area contributed by atoms with Gasteiger partial charge < -0.3 is 10.7 Å². The number of pyridine rings is 1. The van der Waals surface area contributed by atoms with Gasteiger partial charge >= 0.3 is 0 Å². The summed E-state index contributed by atoms with van der Waals surface area (Å²) in [7, 11) is 0. The second-order valence-electron chi connectivity index (χ2n) is 3.45. The molecule has 0 spiro atoms. The number of halogens is 1. The summed E-state index contributed by atoms with van der Waals surface area (Å²) in [5, 5.41) is 0. The van der Waals surface area contributed by atoms with Crippen LogP contribution in [0.3, 0.4) is 0 Å². The van der Waals surface area contributed by atoms with Crippen LogP contribution in [0.15, 0.2) is 23.1 Å². The third-order valence-corrected chi connectivity index (χ3v) is 2.60. The van der Waals surface area contributed by atoms with Gasteiger partial charge in [-0.05, 0) is 24.8 Å². The van der Waals surface area contributed by atoms with Crippen molar-refractivity contribution in [3.8, 4) is 0 Å². The van der Waals surface area contributed by atoms with Crippen LogP contribution in [-0.4, -0.2) is 4.98 Å². The van der Waals surface area contributed by atoms with Crippen molar-refractivity contribution in [3.63, 3.8) is 0 Å². The summed E-state index contributed by atoms with van der Waals surface area (Å²) in [5.41, 5.74) is 6.87. The molecular weight excluding hydrogens is 188 g/mol. The topological polar surface area (TPSA) is 58.9 Å². The molecule has 0 aromatic carbocycles. The summed E-state index contributed by atoms with van der Waals surface area (Å²) in [6.07, 6.45) is 4.97. The van der Waals surface area contributed by atoms with Crippen LogP contribution >= 0.6 is 12.4 Å². The molecule has 1 saturated carbocycles. The Hall–Kier alpha value is -0.800. The van der Waals surface area contributed by atoms with Crippen LogP contribution in [0.2, 0.25) is 0 Å². The van der Waals surface area contributed by atoms with E-state index in [4.69, 9.17) is 5.73 Å². The van der Waals surface area contributed by atoms with Crippen molar-refractivity contribution in [2.75, 3.05) is 0 Å². The van der Waals surface area contributed by atoms with Crippen molar-refractivity contribution in [1.82, 2.24) is 4.98 Å². The van der Waals surface area contributed by atoms with Crippen molar-refractivity contribution in [1.29, 1.82) is 0 Å². The zero-order chi connectivity index (χ0) is 8.60. The van der Waals surface area contributed by atoms with Crippen LogP contribution in [-0.2, 0) is 5.54 Å². The highest BCUT2D eigenvalue weighted by Gasteiger charge is 2.34. The van der Waals surface area contributed by atoms with Gasteiger partial charge in [0.05, 0.1) is 0 Å². The van der Waals surface area contributed by atoms with Gasteiger partial charge in [-0.2, -0.15) is 0 Å². The maximum Gasteiger partial charge on any atom is 0.247 e. The summed E-state index contributed by atoms with van der Waals surface area (Å²) >= 11 is 0. The fourth-order valence-electron chi connectivity index (χ4n) is 1.57. The SMILES string of the molecule is Cl.NC1(c2ccc(=O)[nH]c2)CCC1. The molecule has 0 amide bonds. The monoisotopic (exact) mass is 200 g/mol. The van der Waals surface area contributed by atoms with Gasteiger partial charge in [0, 0.05) is 17.8 Å². The molecule has 0 radical (unpaired) electrons. The van der Waals surface area contributed by atoms with E-state index >= 15 is 0 Å². The van der Waals surface area contributed by atoms with E-state index in [1.165, 1.54) is 12.5 Å². The molecule has 72 valence electrons. The zero-order valence-corrected chi connectivity index (χ0v) is 8.06. The van der Waals surface area contributed by atoms with Crippen molar-refractivity contribution in [3.05, 3.63) is 34.2 Å².